The fourth-order valence-corrected chi connectivity index (χ4v) is 3.03. The Bertz CT molecular complexity index is 908. The summed E-state index contributed by atoms with van der Waals surface area (Å²) in [5.74, 6) is -0.0884. The minimum absolute atomic E-state index is 0.0884. The van der Waals surface area contributed by atoms with Crippen LogP contribution >= 0.6 is 11.6 Å². The van der Waals surface area contributed by atoms with Gasteiger partial charge < -0.3 is 4.90 Å². The first-order chi connectivity index (χ1) is 12.1. The van der Waals surface area contributed by atoms with Gasteiger partial charge in [0.1, 0.15) is 0 Å². The number of aryl methyl sites for hydroxylation is 2. The van der Waals surface area contributed by atoms with Crippen LogP contribution in [0, 0.1) is 13.8 Å². The summed E-state index contributed by atoms with van der Waals surface area (Å²) in [6.45, 7) is 4.38. The van der Waals surface area contributed by atoms with Gasteiger partial charge in [0.05, 0.1) is 17.3 Å². The van der Waals surface area contributed by atoms with Crippen molar-refractivity contribution in [1.82, 2.24) is 4.98 Å². The summed E-state index contributed by atoms with van der Waals surface area (Å²) in [4.78, 5) is 19.0. The number of halogens is 1. The number of nitrogens with zero attached hydrogens (tertiary/aromatic N) is 2. The molecule has 126 valence electrons. The lowest BCUT2D eigenvalue weighted by Gasteiger charge is -2.25. The molecule has 0 fully saturated rings. The maximum absolute atomic E-state index is 13.2. The molecule has 1 amide bonds. The normalized spacial score (nSPS) is 10.5. The maximum atomic E-state index is 13.2. The molecule has 1 heterocycles. The molecule has 0 saturated carbocycles. The summed E-state index contributed by atoms with van der Waals surface area (Å²) in [6.07, 6.45) is 3.34. The number of rotatable bonds is 4. The Morgan fingerprint density at radius 2 is 1.88 bits per heavy atom. The molecule has 3 rings (SSSR count). The molecule has 0 bridgehead atoms. The first-order valence-electron chi connectivity index (χ1n) is 8.09. The number of aromatic nitrogens is 1. The van der Waals surface area contributed by atoms with E-state index in [0.717, 1.165) is 16.7 Å². The van der Waals surface area contributed by atoms with Crippen molar-refractivity contribution in [1.29, 1.82) is 0 Å². The predicted molar refractivity (Wildman–Crippen MR) is 102 cm³/mol. The molecule has 0 aliphatic rings. The zero-order valence-electron chi connectivity index (χ0n) is 14.2. The lowest BCUT2D eigenvalue weighted by molar-refractivity contribution is 0.0984. The van der Waals surface area contributed by atoms with E-state index in [2.05, 4.69) is 11.1 Å². The molecule has 0 aliphatic heterocycles. The van der Waals surface area contributed by atoms with E-state index in [-0.39, 0.29) is 5.91 Å². The van der Waals surface area contributed by atoms with Crippen LogP contribution in [0.1, 0.15) is 27.0 Å². The number of para-hydroxylation sites is 1. The predicted octanol–water partition coefficient (Wildman–Crippen LogP) is 5.20. The van der Waals surface area contributed by atoms with E-state index in [0.29, 0.717) is 22.8 Å². The summed E-state index contributed by atoms with van der Waals surface area (Å²) in [7, 11) is 0. The van der Waals surface area contributed by atoms with E-state index in [1.807, 2.05) is 50.2 Å². The van der Waals surface area contributed by atoms with E-state index in [4.69, 9.17) is 11.6 Å². The van der Waals surface area contributed by atoms with Crippen LogP contribution in [0.2, 0.25) is 5.02 Å². The van der Waals surface area contributed by atoms with Crippen LogP contribution in [0.3, 0.4) is 0 Å². The van der Waals surface area contributed by atoms with Gasteiger partial charge in [-0.15, -0.1) is 0 Å². The Morgan fingerprint density at radius 3 is 2.60 bits per heavy atom. The molecule has 25 heavy (non-hydrogen) atoms. The molecule has 0 N–H and O–H groups in total. The maximum Gasteiger partial charge on any atom is 0.259 e. The molecule has 0 atom stereocenters. The summed E-state index contributed by atoms with van der Waals surface area (Å²) >= 11 is 6.38. The van der Waals surface area contributed by atoms with Gasteiger partial charge in [-0.25, -0.2) is 0 Å². The Balaban J connectivity index is 2.04. The smallest absolute Gasteiger partial charge is 0.259 e. The minimum Gasteiger partial charge on any atom is -0.302 e. The number of carbonyl (C=O) groups is 1. The number of amides is 1. The summed E-state index contributed by atoms with van der Waals surface area (Å²) in [5.41, 5.74) is 4.38. The molecule has 3 aromatic rings. The van der Waals surface area contributed by atoms with Crippen molar-refractivity contribution < 1.29 is 4.79 Å². The van der Waals surface area contributed by atoms with Crippen LogP contribution in [0.15, 0.2) is 67.0 Å². The zero-order valence-corrected chi connectivity index (χ0v) is 15.0. The molecule has 3 nitrogen and oxygen atoms in total. The molecule has 0 unspecified atom stereocenters. The highest BCUT2D eigenvalue weighted by Gasteiger charge is 2.21. The highest BCUT2D eigenvalue weighted by atomic mass is 35.5. The third-order valence-corrected chi connectivity index (χ3v) is 4.38. The number of hydrogen-bond donors (Lipinski definition) is 0. The first-order valence-corrected chi connectivity index (χ1v) is 8.46. The van der Waals surface area contributed by atoms with Gasteiger partial charge in [0.25, 0.3) is 5.91 Å². The van der Waals surface area contributed by atoms with Gasteiger partial charge in [0.2, 0.25) is 0 Å². The SMILES string of the molecule is Cc1cccc(CN(C(=O)c2ccncc2C)c2ccccc2Cl)c1. The Hall–Kier alpha value is -2.65. The first kappa shape index (κ1) is 17.2. The number of pyridine rings is 1. The second-order valence-electron chi connectivity index (χ2n) is 6.02. The van der Waals surface area contributed by atoms with E-state index in [1.54, 1.807) is 29.4 Å². The third-order valence-electron chi connectivity index (χ3n) is 4.06. The Labute approximate surface area is 152 Å². The summed E-state index contributed by atoms with van der Waals surface area (Å²) < 4.78 is 0. The largest absolute Gasteiger partial charge is 0.302 e. The van der Waals surface area contributed by atoms with Crippen LogP contribution in [0.25, 0.3) is 0 Å². The molecule has 0 spiro atoms. The van der Waals surface area contributed by atoms with Gasteiger partial charge in [0, 0.05) is 18.0 Å². The molecule has 4 heteroatoms. The third kappa shape index (κ3) is 3.89. The molecule has 0 aliphatic carbocycles. The average molecular weight is 351 g/mol. The highest BCUT2D eigenvalue weighted by Crippen LogP contribution is 2.28. The van der Waals surface area contributed by atoms with Crippen LogP contribution in [-0.4, -0.2) is 10.9 Å². The average Bonchev–Trinajstić information content (AvgIpc) is 2.60. The number of hydrogen-bond acceptors (Lipinski definition) is 2. The standard InChI is InChI=1S/C21H19ClN2O/c1-15-6-5-7-17(12-15)14-24(20-9-4-3-8-19(20)22)21(25)18-10-11-23-13-16(18)2/h3-13H,14H2,1-2H3. The lowest BCUT2D eigenvalue weighted by atomic mass is 10.1. The van der Waals surface area contributed by atoms with E-state index < -0.39 is 0 Å². The minimum atomic E-state index is -0.0884. The fraction of sp³-hybridized carbons (Fsp3) is 0.143. The second kappa shape index (κ2) is 7.49. The van der Waals surface area contributed by atoms with Crippen LogP contribution in [-0.2, 0) is 6.54 Å². The van der Waals surface area contributed by atoms with Crippen molar-refractivity contribution >= 4 is 23.2 Å². The van der Waals surface area contributed by atoms with Gasteiger partial charge in [-0.3, -0.25) is 9.78 Å². The monoisotopic (exact) mass is 350 g/mol. The van der Waals surface area contributed by atoms with Gasteiger partial charge in [0.15, 0.2) is 0 Å². The van der Waals surface area contributed by atoms with E-state index in [1.165, 1.54) is 0 Å². The molecule has 0 saturated heterocycles. The molecular weight excluding hydrogens is 332 g/mol. The van der Waals surface area contributed by atoms with Crippen LogP contribution < -0.4 is 4.90 Å². The topological polar surface area (TPSA) is 33.2 Å². The number of benzene rings is 2. The van der Waals surface area contributed by atoms with Gasteiger partial charge in [-0.2, -0.15) is 0 Å². The lowest BCUT2D eigenvalue weighted by Crippen LogP contribution is -2.31. The number of anilines is 1. The van der Waals surface area contributed by atoms with Crippen molar-refractivity contribution in [2.75, 3.05) is 4.90 Å². The van der Waals surface area contributed by atoms with Gasteiger partial charge >= 0.3 is 0 Å². The summed E-state index contributed by atoms with van der Waals surface area (Å²) in [6, 6.07) is 17.3. The Morgan fingerprint density at radius 1 is 1.08 bits per heavy atom. The van der Waals surface area contributed by atoms with Gasteiger partial charge in [-0.05, 0) is 43.2 Å². The van der Waals surface area contributed by atoms with E-state index in [9.17, 15) is 4.79 Å². The summed E-state index contributed by atoms with van der Waals surface area (Å²) in [5, 5.41) is 0.551. The van der Waals surface area contributed by atoms with Crippen molar-refractivity contribution in [3.05, 3.63) is 94.3 Å². The van der Waals surface area contributed by atoms with Crippen LogP contribution in [0.5, 0.6) is 0 Å². The van der Waals surface area contributed by atoms with Crippen molar-refractivity contribution in [3.63, 3.8) is 0 Å². The molecular formula is C21H19ClN2O. The van der Waals surface area contributed by atoms with E-state index >= 15 is 0 Å². The molecule has 1 aromatic heterocycles. The van der Waals surface area contributed by atoms with Crippen LogP contribution in [0.4, 0.5) is 5.69 Å². The van der Waals surface area contributed by atoms with Crippen molar-refractivity contribution in [3.8, 4) is 0 Å². The quantitative estimate of drug-likeness (QED) is 0.648. The van der Waals surface area contributed by atoms with Gasteiger partial charge in [-0.1, -0.05) is 53.6 Å². The highest BCUT2D eigenvalue weighted by molar-refractivity contribution is 6.34. The second-order valence-corrected chi connectivity index (χ2v) is 6.43. The zero-order chi connectivity index (χ0) is 17.8. The van der Waals surface area contributed by atoms with Crippen molar-refractivity contribution in [2.45, 2.75) is 20.4 Å². The van der Waals surface area contributed by atoms with Crippen molar-refractivity contribution in [2.24, 2.45) is 0 Å². The fourth-order valence-electron chi connectivity index (χ4n) is 2.79. The number of carbonyl (C=O) groups excluding carboxylic acids is 1. The molecule has 2 aromatic carbocycles. The Kier molecular flexibility index (Phi) is 5.15. The molecule has 0 radical (unpaired) electrons.